The lowest BCUT2D eigenvalue weighted by molar-refractivity contribution is 0.0183. The minimum Gasteiger partial charge on any atom is -0.302 e. The zero-order valence-electron chi connectivity index (χ0n) is 18.5. The van der Waals surface area contributed by atoms with E-state index in [1.807, 2.05) is 0 Å². The van der Waals surface area contributed by atoms with Crippen LogP contribution in [0.4, 0.5) is 0 Å². The Hall–Kier alpha value is -0.0151. The van der Waals surface area contributed by atoms with Crippen LogP contribution in [0.15, 0.2) is 0 Å². The van der Waals surface area contributed by atoms with Gasteiger partial charge in [0.1, 0.15) is 0 Å². The van der Waals surface area contributed by atoms with E-state index >= 15 is 0 Å². The summed E-state index contributed by atoms with van der Waals surface area (Å²) in [6, 6.07) is 3.57. The predicted molar refractivity (Wildman–Crippen MR) is 112 cm³/mol. The fourth-order valence-electron chi connectivity index (χ4n) is 7.68. The predicted octanol–water partition coefficient (Wildman–Crippen LogP) is 5.13. The fourth-order valence-corrected chi connectivity index (χ4v) is 7.68. The maximum Gasteiger partial charge on any atom is 0.156 e. The molecule has 2 nitrogen and oxygen atoms in total. The van der Waals surface area contributed by atoms with Gasteiger partial charge in [-0.1, -0.05) is 34.6 Å². The summed E-state index contributed by atoms with van der Waals surface area (Å²) in [7, 11) is 2.37. The third kappa shape index (κ3) is 2.83. The first kappa shape index (κ1) is 19.7. The summed E-state index contributed by atoms with van der Waals surface area (Å²) in [5.41, 5.74) is 0. The molecule has 0 aliphatic carbocycles. The summed E-state index contributed by atoms with van der Waals surface area (Å²) in [5.74, 6) is 4.88. The van der Waals surface area contributed by atoms with Crippen molar-refractivity contribution in [2.24, 2.45) is 17.8 Å². The zero-order valence-corrected chi connectivity index (χ0v) is 18.5. The van der Waals surface area contributed by atoms with Gasteiger partial charge < -0.3 is 4.90 Å². The van der Waals surface area contributed by atoms with Crippen LogP contribution in [0.5, 0.6) is 0 Å². The van der Waals surface area contributed by atoms with E-state index in [1.54, 1.807) is 0 Å². The van der Waals surface area contributed by atoms with Gasteiger partial charge in [-0.25, -0.2) is 0 Å². The molecule has 0 saturated carbocycles. The highest BCUT2D eigenvalue weighted by atomic mass is 15.3. The molecule has 3 heterocycles. The molecule has 0 aromatic heterocycles. The second kappa shape index (κ2) is 6.86. The van der Waals surface area contributed by atoms with Crippen molar-refractivity contribution in [3.05, 3.63) is 0 Å². The first-order valence-corrected chi connectivity index (χ1v) is 11.1. The molecule has 0 aromatic carbocycles. The molecule has 3 aliphatic heterocycles. The van der Waals surface area contributed by atoms with Crippen LogP contribution >= 0.6 is 0 Å². The molecule has 3 heteroatoms. The van der Waals surface area contributed by atoms with Gasteiger partial charge in [0, 0.05) is 30.2 Å². The molecule has 144 valence electrons. The van der Waals surface area contributed by atoms with E-state index < -0.39 is 0 Å². The quantitative estimate of drug-likeness (QED) is 0.561. The van der Waals surface area contributed by atoms with Gasteiger partial charge in [0.2, 0.25) is 0 Å². The van der Waals surface area contributed by atoms with Crippen molar-refractivity contribution in [3.63, 3.8) is 0 Å². The van der Waals surface area contributed by atoms with E-state index in [0.29, 0.717) is 18.1 Å². The Balaban J connectivity index is 2.04. The Labute approximate surface area is 158 Å². The Kier molecular flexibility index (Phi) is 5.41. The first-order chi connectivity index (χ1) is 11.6. The van der Waals surface area contributed by atoms with E-state index in [0.717, 1.165) is 54.0 Å². The highest BCUT2D eigenvalue weighted by Gasteiger charge is 2.58. The van der Waals surface area contributed by atoms with Crippen LogP contribution in [0, 0.1) is 17.8 Å². The average Bonchev–Trinajstić information content (AvgIpc) is 2.64. The summed E-state index contributed by atoms with van der Waals surface area (Å²) < 4.78 is 0. The van der Waals surface area contributed by atoms with Crippen LogP contribution in [0.1, 0.15) is 68.7 Å². The van der Waals surface area contributed by atoms with Gasteiger partial charge in [-0.05, 0) is 76.4 Å². The van der Waals surface area contributed by atoms with E-state index in [-0.39, 0.29) is 0 Å². The largest absolute Gasteiger partial charge is 0.302 e. The average molecular weight is 346 g/mol. The third-order valence-corrected chi connectivity index (χ3v) is 9.66. The normalized spacial score (nSPS) is 55.4. The maximum atomic E-state index is 2.99. The van der Waals surface area contributed by atoms with Crippen LogP contribution in [-0.4, -0.2) is 53.8 Å². The minimum absolute atomic E-state index is 0.690. The van der Waals surface area contributed by atoms with Crippen molar-refractivity contribution >= 4 is 6.71 Å². The zero-order chi connectivity index (χ0) is 18.8. The van der Waals surface area contributed by atoms with E-state index in [9.17, 15) is 0 Å². The van der Waals surface area contributed by atoms with Crippen molar-refractivity contribution in [1.82, 2.24) is 9.80 Å². The Morgan fingerprint density at radius 1 is 0.720 bits per heavy atom. The van der Waals surface area contributed by atoms with Crippen LogP contribution in [0.25, 0.3) is 0 Å². The van der Waals surface area contributed by atoms with Crippen molar-refractivity contribution in [2.75, 3.05) is 7.05 Å². The van der Waals surface area contributed by atoms with Gasteiger partial charge >= 0.3 is 0 Å². The molecule has 0 bridgehead atoms. The second-order valence-corrected chi connectivity index (χ2v) is 10.5. The third-order valence-electron chi connectivity index (χ3n) is 9.66. The van der Waals surface area contributed by atoms with Gasteiger partial charge in [0.25, 0.3) is 0 Å². The van der Waals surface area contributed by atoms with Crippen LogP contribution in [0.3, 0.4) is 0 Å². The molecule has 0 spiro atoms. The topological polar surface area (TPSA) is 6.48 Å². The smallest absolute Gasteiger partial charge is 0.156 e. The lowest BCUT2D eigenvalue weighted by Gasteiger charge is -2.62. The van der Waals surface area contributed by atoms with E-state index in [4.69, 9.17) is 0 Å². The number of hydrogen-bond donors (Lipinski definition) is 0. The molecule has 25 heavy (non-hydrogen) atoms. The number of hydrogen-bond acceptors (Lipinski definition) is 2. The standard InChI is InChI=1S/C22H43BN2/c1-12-11-13(2)25-20(9)21-19(8)24(10)18(7)16(5)23(21)17(6)22(25)15(4)14(12)3/h12-22H,11H2,1-10H3/t12-,13+,14-,15-,16+,17-,18-,19+,20-,21+,22+/m0/s1. The molecule has 3 fully saturated rings. The molecule has 0 unspecified atom stereocenters. The summed E-state index contributed by atoms with van der Waals surface area (Å²) in [5, 5.41) is 0. The molecule has 0 radical (unpaired) electrons. The highest BCUT2D eigenvalue weighted by Crippen LogP contribution is 2.54. The number of nitrogens with zero attached hydrogens (tertiary/aromatic N) is 2. The Morgan fingerprint density at radius 2 is 1.32 bits per heavy atom. The van der Waals surface area contributed by atoms with Gasteiger partial charge in [0.05, 0.1) is 0 Å². The van der Waals surface area contributed by atoms with Crippen LogP contribution in [0.2, 0.25) is 17.5 Å². The number of fused-ring (bicyclic) bond motifs is 2. The molecule has 3 aliphatic rings. The second-order valence-electron chi connectivity index (χ2n) is 10.5. The summed E-state index contributed by atoms with van der Waals surface area (Å²) in [4.78, 5) is 5.66. The Morgan fingerprint density at radius 3 is 1.92 bits per heavy atom. The first-order valence-electron chi connectivity index (χ1n) is 11.1. The van der Waals surface area contributed by atoms with Crippen molar-refractivity contribution in [1.29, 1.82) is 0 Å². The fraction of sp³-hybridized carbons (Fsp3) is 1.00. The van der Waals surface area contributed by atoms with E-state index in [1.165, 1.54) is 6.42 Å². The van der Waals surface area contributed by atoms with Gasteiger partial charge in [0.15, 0.2) is 6.71 Å². The molecule has 0 amide bonds. The SMILES string of the molecule is C[C@@H]1[C@H](C)[C@@H]2[C@H](C)B3[C@H]([C@@H](C)N(C)[C@@H](C)[C@H]3C)[C@H](C)N2[C@H](C)C[C@@H]1C. The molecule has 11 atom stereocenters. The maximum absolute atomic E-state index is 2.99. The van der Waals surface area contributed by atoms with Gasteiger partial charge in [-0.3, -0.25) is 4.90 Å². The van der Waals surface area contributed by atoms with Crippen LogP contribution < -0.4 is 0 Å². The van der Waals surface area contributed by atoms with Gasteiger partial charge in [-0.15, -0.1) is 0 Å². The molecule has 3 rings (SSSR count). The summed E-state index contributed by atoms with van der Waals surface area (Å²) in [6.45, 7) is 23.6. The Bertz CT molecular complexity index is 483. The summed E-state index contributed by atoms with van der Waals surface area (Å²) in [6.07, 6.45) is 1.37. The minimum atomic E-state index is 0.690. The summed E-state index contributed by atoms with van der Waals surface area (Å²) >= 11 is 0. The molecule has 3 saturated heterocycles. The van der Waals surface area contributed by atoms with Crippen LogP contribution in [-0.2, 0) is 0 Å². The van der Waals surface area contributed by atoms with Crippen molar-refractivity contribution in [2.45, 2.75) is 116 Å². The highest BCUT2D eigenvalue weighted by molar-refractivity contribution is 6.65. The monoisotopic (exact) mass is 346 g/mol. The lowest BCUT2D eigenvalue weighted by atomic mass is 9.21. The molecular weight excluding hydrogens is 303 g/mol. The molecule has 0 aromatic rings. The van der Waals surface area contributed by atoms with Gasteiger partial charge in [-0.2, -0.15) is 0 Å². The molecule has 0 N–H and O–H groups in total. The van der Waals surface area contributed by atoms with E-state index in [2.05, 4.69) is 79.2 Å². The van der Waals surface area contributed by atoms with Crippen molar-refractivity contribution in [3.8, 4) is 0 Å². The van der Waals surface area contributed by atoms with Crippen molar-refractivity contribution < 1.29 is 0 Å². The number of rotatable bonds is 0. The lowest BCUT2D eigenvalue weighted by Crippen LogP contribution is -2.68. The molecular formula is C22H43BN2.